The largest absolute Gasteiger partial charge is 0.492 e. The molecule has 0 atom stereocenters. The number of benzene rings is 2. The molecule has 19 heavy (non-hydrogen) atoms. The van der Waals surface area contributed by atoms with Crippen LogP contribution < -0.4 is 10.1 Å². The van der Waals surface area contributed by atoms with Crippen LogP contribution in [0.5, 0.6) is 5.75 Å². The average Bonchev–Trinajstić information content (AvgIpc) is 2.40. The molecule has 2 rings (SSSR count). The minimum atomic E-state index is -0.326. The molecule has 2 aromatic carbocycles. The summed E-state index contributed by atoms with van der Waals surface area (Å²) >= 11 is 9.15. The van der Waals surface area contributed by atoms with E-state index in [1.807, 2.05) is 24.3 Å². The summed E-state index contributed by atoms with van der Waals surface area (Å²) in [5, 5.41) is 3.44. The fourth-order valence-corrected chi connectivity index (χ4v) is 1.95. The maximum Gasteiger partial charge on any atom is 0.146 e. The van der Waals surface area contributed by atoms with Crippen LogP contribution in [0.3, 0.4) is 0 Å². The minimum Gasteiger partial charge on any atom is -0.492 e. The normalized spacial score (nSPS) is 10.3. The summed E-state index contributed by atoms with van der Waals surface area (Å²) in [7, 11) is 0. The Morgan fingerprint density at radius 3 is 2.63 bits per heavy atom. The van der Waals surface area contributed by atoms with E-state index in [-0.39, 0.29) is 5.82 Å². The van der Waals surface area contributed by atoms with Crippen molar-refractivity contribution in [3.05, 3.63) is 57.8 Å². The molecule has 0 amide bonds. The second kappa shape index (κ2) is 6.78. The number of anilines is 1. The van der Waals surface area contributed by atoms with Crippen molar-refractivity contribution < 1.29 is 9.13 Å². The van der Waals surface area contributed by atoms with E-state index in [2.05, 4.69) is 21.2 Å². The molecule has 0 heterocycles. The third kappa shape index (κ3) is 4.40. The number of rotatable bonds is 5. The number of nitrogens with one attached hydrogen (secondary N) is 1. The second-order valence-electron chi connectivity index (χ2n) is 3.85. The fourth-order valence-electron chi connectivity index (χ4n) is 1.52. The van der Waals surface area contributed by atoms with Gasteiger partial charge in [-0.2, -0.15) is 0 Å². The van der Waals surface area contributed by atoms with Gasteiger partial charge in [-0.15, -0.1) is 0 Å². The highest BCUT2D eigenvalue weighted by molar-refractivity contribution is 9.10. The van der Waals surface area contributed by atoms with Crippen molar-refractivity contribution >= 4 is 33.2 Å². The Labute approximate surface area is 124 Å². The highest BCUT2D eigenvalue weighted by atomic mass is 79.9. The predicted molar refractivity (Wildman–Crippen MR) is 79.5 cm³/mol. The van der Waals surface area contributed by atoms with Gasteiger partial charge in [0.15, 0.2) is 0 Å². The summed E-state index contributed by atoms with van der Waals surface area (Å²) in [6, 6.07) is 11.9. The van der Waals surface area contributed by atoms with Crippen molar-refractivity contribution in [1.82, 2.24) is 0 Å². The third-order valence-electron chi connectivity index (χ3n) is 2.43. The Bertz CT molecular complexity index is 548. The van der Waals surface area contributed by atoms with Gasteiger partial charge in [0.1, 0.15) is 18.2 Å². The van der Waals surface area contributed by atoms with Gasteiger partial charge in [0, 0.05) is 16.0 Å². The van der Waals surface area contributed by atoms with Crippen LogP contribution in [-0.2, 0) is 0 Å². The first-order valence-electron chi connectivity index (χ1n) is 5.72. The van der Waals surface area contributed by atoms with Crippen LogP contribution >= 0.6 is 27.5 Å². The zero-order chi connectivity index (χ0) is 13.7. The zero-order valence-corrected chi connectivity index (χ0v) is 12.3. The summed E-state index contributed by atoms with van der Waals surface area (Å²) in [6.45, 7) is 0.931. The summed E-state index contributed by atoms with van der Waals surface area (Å²) in [6.07, 6.45) is 0. The Hall–Kier alpha value is -1.26. The number of ether oxygens (including phenoxy) is 1. The molecule has 100 valence electrons. The van der Waals surface area contributed by atoms with Crippen LogP contribution in [0.15, 0.2) is 46.9 Å². The van der Waals surface area contributed by atoms with Crippen LogP contribution in [0.4, 0.5) is 10.1 Å². The lowest BCUT2D eigenvalue weighted by atomic mass is 10.3. The quantitative estimate of drug-likeness (QED) is 0.792. The molecule has 0 aliphatic carbocycles. The first-order chi connectivity index (χ1) is 9.15. The minimum absolute atomic E-state index is 0.326. The molecule has 0 spiro atoms. The van der Waals surface area contributed by atoms with Crippen molar-refractivity contribution in [2.45, 2.75) is 0 Å². The van der Waals surface area contributed by atoms with E-state index in [0.717, 1.165) is 10.2 Å². The van der Waals surface area contributed by atoms with Gasteiger partial charge in [-0.05, 0) is 42.5 Å². The summed E-state index contributed by atoms with van der Waals surface area (Å²) in [5.74, 6) is 0.449. The molecule has 0 saturated heterocycles. The number of hydrogen-bond donors (Lipinski definition) is 1. The van der Waals surface area contributed by atoms with Crippen LogP contribution in [0.1, 0.15) is 0 Å². The summed E-state index contributed by atoms with van der Waals surface area (Å²) in [4.78, 5) is 0. The summed E-state index contributed by atoms with van der Waals surface area (Å²) in [5.41, 5.74) is 0.381. The van der Waals surface area contributed by atoms with E-state index in [1.165, 1.54) is 12.1 Å². The van der Waals surface area contributed by atoms with Crippen LogP contribution in [0.25, 0.3) is 0 Å². The first-order valence-corrected chi connectivity index (χ1v) is 6.89. The van der Waals surface area contributed by atoms with Crippen LogP contribution in [0.2, 0.25) is 5.02 Å². The second-order valence-corrected chi connectivity index (χ2v) is 5.21. The maximum atomic E-state index is 13.4. The van der Waals surface area contributed by atoms with Gasteiger partial charge < -0.3 is 10.1 Å². The Morgan fingerprint density at radius 1 is 1.16 bits per heavy atom. The molecule has 0 radical (unpaired) electrons. The maximum absolute atomic E-state index is 13.4. The number of halogens is 3. The van der Waals surface area contributed by atoms with E-state index in [4.69, 9.17) is 16.3 Å². The highest BCUT2D eigenvalue weighted by Gasteiger charge is 2.02. The first kappa shape index (κ1) is 14.2. The van der Waals surface area contributed by atoms with Gasteiger partial charge in [-0.3, -0.25) is 0 Å². The monoisotopic (exact) mass is 343 g/mol. The molecule has 5 heteroatoms. The Balaban J connectivity index is 1.80. The molecule has 2 nitrogen and oxygen atoms in total. The molecule has 0 fully saturated rings. The van der Waals surface area contributed by atoms with Crippen molar-refractivity contribution in [3.8, 4) is 5.75 Å². The lowest BCUT2D eigenvalue weighted by Gasteiger charge is -2.09. The Morgan fingerprint density at radius 2 is 1.89 bits per heavy atom. The highest BCUT2D eigenvalue weighted by Crippen LogP contribution is 2.19. The standard InChI is InChI=1S/C14H12BrClFNO/c15-10-1-4-12(5-2-10)19-8-7-18-14-9-11(16)3-6-13(14)17/h1-6,9,18H,7-8H2. The summed E-state index contributed by atoms with van der Waals surface area (Å²) < 4.78 is 19.9. The Kier molecular flexibility index (Phi) is 5.05. The molecule has 0 bridgehead atoms. The zero-order valence-electron chi connectivity index (χ0n) is 10.00. The van der Waals surface area contributed by atoms with Gasteiger partial charge in [-0.25, -0.2) is 4.39 Å². The molecule has 0 saturated carbocycles. The van der Waals surface area contributed by atoms with Crippen LogP contribution in [-0.4, -0.2) is 13.2 Å². The van der Waals surface area contributed by atoms with Gasteiger partial charge >= 0.3 is 0 Å². The van der Waals surface area contributed by atoms with E-state index in [1.54, 1.807) is 6.07 Å². The number of hydrogen-bond acceptors (Lipinski definition) is 2. The predicted octanol–water partition coefficient (Wildman–Crippen LogP) is 4.73. The van der Waals surface area contributed by atoms with Gasteiger partial charge in [0.25, 0.3) is 0 Å². The van der Waals surface area contributed by atoms with Gasteiger partial charge in [-0.1, -0.05) is 27.5 Å². The van der Waals surface area contributed by atoms with Crippen molar-refractivity contribution in [1.29, 1.82) is 0 Å². The van der Waals surface area contributed by atoms with Crippen molar-refractivity contribution in [3.63, 3.8) is 0 Å². The molecule has 1 N–H and O–H groups in total. The lowest BCUT2D eigenvalue weighted by Crippen LogP contribution is -2.12. The van der Waals surface area contributed by atoms with Gasteiger partial charge in [0.2, 0.25) is 0 Å². The average molecular weight is 345 g/mol. The topological polar surface area (TPSA) is 21.3 Å². The molecular formula is C14H12BrClFNO. The van der Waals surface area contributed by atoms with Crippen molar-refractivity contribution in [2.75, 3.05) is 18.5 Å². The molecule has 0 unspecified atom stereocenters. The van der Waals surface area contributed by atoms with Gasteiger partial charge in [0.05, 0.1) is 5.69 Å². The van der Waals surface area contributed by atoms with E-state index >= 15 is 0 Å². The molecule has 0 aromatic heterocycles. The van der Waals surface area contributed by atoms with E-state index < -0.39 is 0 Å². The SMILES string of the molecule is Fc1ccc(Cl)cc1NCCOc1ccc(Br)cc1. The molecule has 2 aromatic rings. The third-order valence-corrected chi connectivity index (χ3v) is 3.19. The van der Waals surface area contributed by atoms with E-state index in [9.17, 15) is 4.39 Å². The smallest absolute Gasteiger partial charge is 0.146 e. The fraction of sp³-hybridized carbons (Fsp3) is 0.143. The lowest BCUT2D eigenvalue weighted by molar-refractivity contribution is 0.332. The van der Waals surface area contributed by atoms with E-state index in [0.29, 0.717) is 23.9 Å². The van der Waals surface area contributed by atoms with Crippen molar-refractivity contribution in [2.24, 2.45) is 0 Å². The molecule has 0 aliphatic rings. The van der Waals surface area contributed by atoms with Crippen LogP contribution in [0, 0.1) is 5.82 Å². The molecule has 0 aliphatic heterocycles. The molecular weight excluding hydrogens is 333 g/mol.